The summed E-state index contributed by atoms with van der Waals surface area (Å²) in [7, 11) is 0. The topological polar surface area (TPSA) is 39.1 Å². The summed E-state index contributed by atoms with van der Waals surface area (Å²) < 4.78 is 39.3. The first-order valence-electron chi connectivity index (χ1n) is 5.49. The molecule has 1 heterocycles. The monoisotopic (exact) mass is 269 g/mol. The molecule has 0 atom stereocenters. The molecule has 0 aliphatic rings. The van der Waals surface area contributed by atoms with Crippen LogP contribution in [0, 0.1) is 0 Å². The lowest BCUT2D eigenvalue weighted by Crippen LogP contribution is -2.13. The van der Waals surface area contributed by atoms with Gasteiger partial charge in [-0.15, -0.1) is 0 Å². The number of ketones is 1. The lowest BCUT2D eigenvalue weighted by molar-refractivity contribution is -0.137. The van der Waals surface area contributed by atoms with Crippen LogP contribution >= 0.6 is 0 Å². The van der Waals surface area contributed by atoms with Gasteiger partial charge in [0, 0.05) is 17.6 Å². The van der Waals surface area contributed by atoms with Crippen LogP contribution in [0.3, 0.4) is 0 Å². The number of halogens is 3. The second kappa shape index (κ2) is 4.53. The Kier molecular flexibility index (Phi) is 3.18. The van der Waals surface area contributed by atoms with Crippen LogP contribution in [0.15, 0.2) is 35.3 Å². The molecule has 1 aromatic carbocycles. The number of carbonyl (C=O) groups is 1. The van der Waals surface area contributed by atoms with Gasteiger partial charge < -0.3 is 4.57 Å². The molecule has 0 aliphatic heterocycles. The Bertz CT molecular complexity index is 701. The van der Waals surface area contributed by atoms with Gasteiger partial charge in [-0.3, -0.25) is 9.59 Å². The molecule has 0 aliphatic carbocycles. The third-order valence-electron chi connectivity index (χ3n) is 2.70. The smallest absolute Gasteiger partial charge is 0.340 e. The highest BCUT2D eigenvalue weighted by molar-refractivity contribution is 5.82. The molecule has 0 spiro atoms. The first-order valence-corrected chi connectivity index (χ1v) is 5.49. The van der Waals surface area contributed by atoms with Crippen LogP contribution in [0.2, 0.25) is 0 Å². The van der Waals surface area contributed by atoms with Gasteiger partial charge in [0.15, 0.2) is 5.43 Å². The number of hydrogen-bond donors (Lipinski definition) is 0. The normalized spacial score (nSPS) is 11.8. The average Bonchev–Trinajstić information content (AvgIpc) is 2.31. The first-order chi connectivity index (χ1) is 8.79. The second-order valence-electron chi connectivity index (χ2n) is 4.24. The number of Topliss-reactive ketones (excluding diaryl/α,β-unsaturated/α-hetero) is 1. The summed E-state index contributed by atoms with van der Waals surface area (Å²) in [6.45, 7) is 1.26. The van der Waals surface area contributed by atoms with Crippen molar-refractivity contribution in [1.29, 1.82) is 0 Å². The molecule has 1 aromatic heterocycles. The van der Waals surface area contributed by atoms with E-state index >= 15 is 0 Å². The van der Waals surface area contributed by atoms with Crippen molar-refractivity contribution in [3.05, 3.63) is 46.2 Å². The average molecular weight is 269 g/mol. The molecule has 3 nitrogen and oxygen atoms in total. The lowest BCUT2D eigenvalue weighted by atomic mass is 10.1. The fourth-order valence-corrected chi connectivity index (χ4v) is 1.86. The van der Waals surface area contributed by atoms with Gasteiger partial charge in [-0.25, -0.2) is 0 Å². The fraction of sp³-hybridized carbons (Fsp3) is 0.231. The Morgan fingerprint density at radius 2 is 1.95 bits per heavy atom. The SMILES string of the molecule is CC(=O)Cn1ccc(=O)c2ccc(C(F)(F)F)cc21. The maximum Gasteiger partial charge on any atom is 0.416 e. The van der Waals surface area contributed by atoms with Gasteiger partial charge in [0.1, 0.15) is 5.78 Å². The molecule has 0 saturated carbocycles. The molecule has 2 rings (SSSR count). The van der Waals surface area contributed by atoms with Gasteiger partial charge in [0.2, 0.25) is 0 Å². The molecule has 0 fully saturated rings. The van der Waals surface area contributed by atoms with Crippen molar-refractivity contribution in [2.45, 2.75) is 19.6 Å². The van der Waals surface area contributed by atoms with E-state index in [0.29, 0.717) is 0 Å². The molecule has 0 bridgehead atoms. The molecule has 0 unspecified atom stereocenters. The quantitative estimate of drug-likeness (QED) is 0.840. The summed E-state index contributed by atoms with van der Waals surface area (Å²) in [5.74, 6) is -0.206. The molecule has 0 N–H and O–H groups in total. The number of pyridine rings is 1. The Morgan fingerprint density at radius 3 is 2.53 bits per heavy atom. The molecule has 0 saturated heterocycles. The second-order valence-corrected chi connectivity index (χ2v) is 4.24. The van der Waals surface area contributed by atoms with Crippen LogP contribution in [-0.2, 0) is 17.5 Å². The van der Waals surface area contributed by atoms with Crippen LogP contribution in [0.1, 0.15) is 12.5 Å². The number of hydrogen-bond acceptors (Lipinski definition) is 2. The number of alkyl halides is 3. The van der Waals surface area contributed by atoms with Crippen molar-refractivity contribution in [3.8, 4) is 0 Å². The predicted molar refractivity (Wildman–Crippen MR) is 63.9 cm³/mol. The molecular weight excluding hydrogens is 259 g/mol. The standard InChI is InChI=1S/C13H10F3NO2/c1-8(18)7-17-5-4-12(19)10-3-2-9(6-11(10)17)13(14,15)16/h2-6H,7H2,1H3. The van der Waals surface area contributed by atoms with E-state index < -0.39 is 11.7 Å². The summed E-state index contributed by atoms with van der Waals surface area (Å²) in [4.78, 5) is 22.7. The number of fused-ring (bicyclic) bond motifs is 1. The summed E-state index contributed by atoms with van der Waals surface area (Å²) in [5, 5.41) is 0.164. The summed E-state index contributed by atoms with van der Waals surface area (Å²) >= 11 is 0. The fourth-order valence-electron chi connectivity index (χ4n) is 1.86. The van der Waals surface area contributed by atoms with Gasteiger partial charge >= 0.3 is 6.18 Å². The van der Waals surface area contributed by atoms with Crippen LogP contribution in [-0.4, -0.2) is 10.4 Å². The van der Waals surface area contributed by atoms with E-state index in [9.17, 15) is 22.8 Å². The van der Waals surface area contributed by atoms with Crippen LogP contribution in [0.4, 0.5) is 13.2 Å². The Hall–Kier alpha value is -2.11. The maximum absolute atomic E-state index is 12.7. The molecule has 100 valence electrons. The minimum Gasteiger partial charge on any atom is -0.340 e. The zero-order valence-electron chi connectivity index (χ0n) is 9.99. The highest BCUT2D eigenvalue weighted by Gasteiger charge is 2.30. The van der Waals surface area contributed by atoms with Crippen molar-refractivity contribution in [2.24, 2.45) is 0 Å². The van der Waals surface area contributed by atoms with Crippen molar-refractivity contribution in [3.63, 3.8) is 0 Å². The van der Waals surface area contributed by atoms with Crippen LogP contribution in [0.25, 0.3) is 10.9 Å². The third-order valence-corrected chi connectivity index (χ3v) is 2.70. The minimum atomic E-state index is -4.48. The number of carbonyl (C=O) groups excluding carboxylic acids is 1. The Morgan fingerprint density at radius 1 is 1.26 bits per heavy atom. The first kappa shape index (κ1) is 13.3. The molecule has 6 heteroatoms. The predicted octanol–water partition coefficient (Wildman–Crippen LogP) is 2.61. The third kappa shape index (κ3) is 2.67. The number of benzene rings is 1. The van der Waals surface area contributed by atoms with E-state index in [1.165, 1.54) is 23.8 Å². The van der Waals surface area contributed by atoms with Crippen LogP contribution < -0.4 is 5.43 Å². The van der Waals surface area contributed by atoms with Crippen molar-refractivity contribution >= 4 is 16.7 Å². The Labute approximate surface area is 106 Å². The molecular formula is C13H10F3NO2. The van der Waals surface area contributed by atoms with E-state index in [0.717, 1.165) is 18.2 Å². The number of rotatable bonds is 2. The van der Waals surface area contributed by atoms with Gasteiger partial charge in [0.25, 0.3) is 0 Å². The van der Waals surface area contributed by atoms with Gasteiger partial charge in [-0.05, 0) is 25.1 Å². The van der Waals surface area contributed by atoms with E-state index in [1.807, 2.05) is 0 Å². The highest BCUT2D eigenvalue weighted by Crippen LogP contribution is 2.30. The van der Waals surface area contributed by atoms with Crippen molar-refractivity contribution < 1.29 is 18.0 Å². The zero-order valence-corrected chi connectivity index (χ0v) is 9.99. The Balaban J connectivity index is 2.73. The highest BCUT2D eigenvalue weighted by atomic mass is 19.4. The van der Waals surface area contributed by atoms with Gasteiger partial charge in [-0.2, -0.15) is 13.2 Å². The van der Waals surface area contributed by atoms with E-state index in [2.05, 4.69) is 0 Å². The molecule has 19 heavy (non-hydrogen) atoms. The number of aromatic nitrogens is 1. The summed E-state index contributed by atoms with van der Waals surface area (Å²) in [6.07, 6.45) is -3.16. The lowest BCUT2D eigenvalue weighted by Gasteiger charge is -2.12. The largest absolute Gasteiger partial charge is 0.416 e. The van der Waals surface area contributed by atoms with Crippen LogP contribution in [0.5, 0.6) is 0 Å². The zero-order chi connectivity index (χ0) is 14.2. The van der Waals surface area contributed by atoms with Gasteiger partial charge in [0.05, 0.1) is 17.6 Å². The minimum absolute atomic E-state index is 0.0713. The summed E-state index contributed by atoms with van der Waals surface area (Å²) in [5.41, 5.74) is -1.11. The summed E-state index contributed by atoms with van der Waals surface area (Å²) in [6, 6.07) is 4.12. The molecule has 0 radical (unpaired) electrons. The van der Waals surface area contributed by atoms with Crippen molar-refractivity contribution in [1.82, 2.24) is 4.57 Å². The van der Waals surface area contributed by atoms with E-state index in [-0.39, 0.29) is 28.7 Å². The van der Waals surface area contributed by atoms with E-state index in [1.54, 1.807) is 0 Å². The van der Waals surface area contributed by atoms with Crippen molar-refractivity contribution in [2.75, 3.05) is 0 Å². The van der Waals surface area contributed by atoms with Gasteiger partial charge in [-0.1, -0.05) is 0 Å². The maximum atomic E-state index is 12.7. The van der Waals surface area contributed by atoms with E-state index in [4.69, 9.17) is 0 Å². The molecule has 0 amide bonds. The number of nitrogens with zero attached hydrogens (tertiary/aromatic N) is 1. The molecule has 2 aromatic rings.